The minimum Gasteiger partial charge on any atom is -0.756 e. The summed E-state index contributed by atoms with van der Waals surface area (Å²) in [5.74, 6) is 0. The minimum atomic E-state index is -4.29. The van der Waals surface area contributed by atoms with Crippen LogP contribution in [0.4, 0.5) is 0 Å². The summed E-state index contributed by atoms with van der Waals surface area (Å²) in [6.07, 6.45) is 21.7. The van der Waals surface area contributed by atoms with Gasteiger partial charge in [0.2, 0.25) is 0 Å². The van der Waals surface area contributed by atoms with Gasteiger partial charge >= 0.3 is 0 Å². The molecule has 0 spiro atoms. The zero-order valence-electron chi connectivity index (χ0n) is 24.8. The average Bonchev–Trinajstić information content (AvgIpc) is 2.78. The molecule has 0 heterocycles. The van der Waals surface area contributed by atoms with E-state index in [9.17, 15) is 9.46 Å². The van der Waals surface area contributed by atoms with Crippen molar-refractivity contribution in [2.45, 2.75) is 116 Å². The maximum absolute atomic E-state index is 12.0. The number of ether oxygens (including phenoxy) is 1. The molecule has 8 heteroatoms. The van der Waals surface area contributed by atoms with Crippen molar-refractivity contribution in [1.29, 1.82) is 0 Å². The van der Waals surface area contributed by atoms with Crippen LogP contribution in [0.25, 0.3) is 0 Å². The Kier molecular flexibility index (Phi) is 22.9. The average molecular weight is 537 g/mol. The normalized spacial score (nSPS) is 14.9. The number of hydrogen-bond donors (Lipinski definition) is 0. The number of unbranched alkanes of at least 4 members (excludes halogenated alkanes) is 15. The van der Waals surface area contributed by atoms with Crippen LogP contribution in [0.5, 0.6) is 0 Å². The first-order valence-corrected chi connectivity index (χ1v) is 16.2. The van der Waals surface area contributed by atoms with Gasteiger partial charge in [0.05, 0.1) is 40.4 Å². The molecule has 0 amide bonds. The maximum atomic E-state index is 12.0. The molecule has 2 atom stereocenters. The molecule has 0 bridgehead atoms. The van der Waals surface area contributed by atoms with E-state index in [0.717, 1.165) is 6.42 Å². The lowest BCUT2D eigenvalue weighted by molar-refractivity contribution is -0.870. The van der Waals surface area contributed by atoms with Crippen molar-refractivity contribution in [2.24, 2.45) is 0 Å². The first-order chi connectivity index (χ1) is 17.1. The lowest BCUT2D eigenvalue weighted by Crippen LogP contribution is -2.38. The van der Waals surface area contributed by atoms with E-state index < -0.39 is 7.82 Å². The molecule has 0 aliphatic rings. The maximum Gasteiger partial charge on any atom is 0.268 e. The van der Waals surface area contributed by atoms with E-state index in [-0.39, 0.29) is 19.3 Å². The van der Waals surface area contributed by atoms with E-state index in [1.165, 1.54) is 96.3 Å². The molecule has 0 aromatic rings. The van der Waals surface area contributed by atoms with Gasteiger partial charge in [0.1, 0.15) is 13.2 Å². The Balaban J connectivity index is 3.61. The van der Waals surface area contributed by atoms with E-state index >= 15 is 0 Å². The molecule has 2 unspecified atom stereocenters. The van der Waals surface area contributed by atoms with Crippen molar-refractivity contribution < 1.29 is 27.7 Å². The van der Waals surface area contributed by atoms with Crippen LogP contribution in [0.15, 0.2) is 0 Å². The van der Waals surface area contributed by atoms with Gasteiger partial charge < -0.3 is 28.1 Å². The predicted octanol–water partition coefficient (Wildman–Crippen LogP) is 6.40. The lowest BCUT2D eigenvalue weighted by atomic mass is 10.0. The Hall–Kier alpha value is -0.0100. The highest BCUT2D eigenvalue weighted by Gasteiger charge is 2.18. The van der Waals surface area contributed by atoms with Crippen molar-refractivity contribution >= 4 is 7.82 Å². The molecule has 0 fully saturated rings. The van der Waals surface area contributed by atoms with E-state index in [1.54, 1.807) is 0 Å². The minimum absolute atomic E-state index is 0.0388. The molecule has 0 aromatic carbocycles. The van der Waals surface area contributed by atoms with E-state index in [1.807, 2.05) is 40.1 Å². The quantitative estimate of drug-likeness (QED) is 0.0687. The smallest absolute Gasteiger partial charge is 0.268 e. The lowest BCUT2D eigenvalue weighted by Gasteiger charge is -2.30. The van der Waals surface area contributed by atoms with Crippen molar-refractivity contribution in [2.75, 3.05) is 68.2 Å². The van der Waals surface area contributed by atoms with Gasteiger partial charge in [-0.2, -0.15) is 0 Å². The second kappa shape index (κ2) is 22.9. The summed E-state index contributed by atoms with van der Waals surface area (Å²) >= 11 is 0. The summed E-state index contributed by atoms with van der Waals surface area (Å²) < 4.78 is 28.5. The van der Waals surface area contributed by atoms with E-state index in [2.05, 4.69) is 6.92 Å². The summed E-state index contributed by atoms with van der Waals surface area (Å²) in [6.45, 7) is 4.18. The Morgan fingerprint density at radius 3 is 1.56 bits per heavy atom. The second-order valence-corrected chi connectivity index (χ2v) is 13.0. The number of phosphoric ester groups is 1. The Morgan fingerprint density at radius 1 is 0.694 bits per heavy atom. The molecule has 0 saturated heterocycles. The van der Waals surface area contributed by atoms with E-state index in [0.29, 0.717) is 24.2 Å². The highest BCUT2D eigenvalue weighted by atomic mass is 31.2. The predicted molar refractivity (Wildman–Crippen MR) is 150 cm³/mol. The highest BCUT2D eigenvalue weighted by Crippen LogP contribution is 2.38. The fraction of sp³-hybridized carbons (Fsp3) is 1.00. The van der Waals surface area contributed by atoms with Crippen LogP contribution in [-0.2, 0) is 18.3 Å². The van der Waals surface area contributed by atoms with Crippen molar-refractivity contribution in [3.8, 4) is 0 Å². The molecule has 7 nitrogen and oxygen atoms in total. The number of nitrogens with zero attached hydrogens (tertiary/aromatic N) is 2. The molecule has 0 aliphatic carbocycles. The topological polar surface area (TPSA) is 71.1 Å². The van der Waals surface area contributed by atoms with Crippen LogP contribution in [0, 0.1) is 0 Å². The molecule has 218 valence electrons. The van der Waals surface area contributed by atoms with Gasteiger partial charge in [-0.15, -0.1) is 0 Å². The second-order valence-electron chi connectivity index (χ2n) is 11.6. The number of rotatable bonds is 27. The molecule has 0 aromatic heterocycles. The summed E-state index contributed by atoms with van der Waals surface area (Å²) in [5, 5.41) is 0. The van der Waals surface area contributed by atoms with Crippen molar-refractivity contribution in [3.05, 3.63) is 0 Å². The van der Waals surface area contributed by atoms with Crippen LogP contribution in [0.2, 0.25) is 0 Å². The molecule has 0 N–H and O–H groups in total. The Morgan fingerprint density at radius 2 is 1.14 bits per heavy atom. The molecule has 36 heavy (non-hydrogen) atoms. The standard InChI is InChI=1S/C28H61N2O5P/c1-7-8-9-10-11-12-13-14-15-16-17-18-19-20-21-22-24-33-26-28(29(2)3)27-35-36(31,32)34-25-23-30(4,5)6/h28H,7-27H2,1-6H3. The first kappa shape index (κ1) is 36.0. The SMILES string of the molecule is CCCCCCCCCCCCCCCCCCOCC(COP(=O)([O-])OCC[N+](C)(C)C)N(C)C. The third-order valence-electron chi connectivity index (χ3n) is 6.62. The van der Waals surface area contributed by atoms with Gasteiger partial charge in [-0.1, -0.05) is 103 Å². The molecule has 0 rings (SSSR count). The zero-order chi connectivity index (χ0) is 27.1. The van der Waals surface area contributed by atoms with Gasteiger partial charge in [0.25, 0.3) is 7.82 Å². The zero-order valence-corrected chi connectivity index (χ0v) is 25.7. The fourth-order valence-corrected chi connectivity index (χ4v) is 4.69. The van der Waals surface area contributed by atoms with Gasteiger partial charge in [0.15, 0.2) is 0 Å². The molecule has 0 aliphatic heterocycles. The molecular formula is C28H61N2O5P. The van der Waals surface area contributed by atoms with Crippen molar-refractivity contribution in [3.63, 3.8) is 0 Å². The third-order valence-corrected chi connectivity index (χ3v) is 7.58. The monoisotopic (exact) mass is 536 g/mol. The van der Waals surface area contributed by atoms with Crippen LogP contribution in [0.1, 0.15) is 110 Å². The van der Waals surface area contributed by atoms with Crippen LogP contribution in [0.3, 0.4) is 0 Å². The van der Waals surface area contributed by atoms with Gasteiger partial charge in [-0.3, -0.25) is 4.57 Å². The van der Waals surface area contributed by atoms with Crippen LogP contribution >= 0.6 is 7.82 Å². The number of quaternary nitrogens is 1. The number of hydrogen-bond acceptors (Lipinski definition) is 6. The molecule has 0 saturated carbocycles. The van der Waals surface area contributed by atoms with Gasteiger partial charge in [-0.05, 0) is 20.5 Å². The fourth-order valence-electron chi connectivity index (χ4n) is 3.96. The summed E-state index contributed by atoms with van der Waals surface area (Å²) in [5.41, 5.74) is 0. The molecular weight excluding hydrogens is 475 g/mol. The van der Waals surface area contributed by atoms with Crippen LogP contribution in [-0.4, -0.2) is 83.6 Å². The Labute approximate surface area is 224 Å². The van der Waals surface area contributed by atoms with Crippen molar-refractivity contribution in [1.82, 2.24) is 4.90 Å². The highest BCUT2D eigenvalue weighted by molar-refractivity contribution is 7.45. The summed E-state index contributed by atoms with van der Waals surface area (Å²) in [7, 11) is 5.47. The van der Waals surface area contributed by atoms with E-state index in [4.69, 9.17) is 13.8 Å². The van der Waals surface area contributed by atoms with Gasteiger partial charge in [-0.25, -0.2) is 0 Å². The summed E-state index contributed by atoms with van der Waals surface area (Å²) in [4.78, 5) is 13.9. The van der Waals surface area contributed by atoms with Crippen LogP contribution < -0.4 is 4.89 Å². The summed E-state index contributed by atoms with van der Waals surface area (Å²) in [6, 6.07) is -0.129. The Bertz CT molecular complexity index is 529. The number of phosphoric acid groups is 1. The molecule has 0 radical (unpaired) electrons. The largest absolute Gasteiger partial charge is 0.756 e. The third kappa shape index (κ3) is 25.6. The number of likely N-dealkylation sites (N-methyl/N-ethyl adjacent to an activating group) is 2. The first-order valence-electron chi connectivity index (χ1n) is 14.7. The van der Waals surface area contributed by atoms with Gasteiger partial charge in [0, 0.05) is 6.61 Å².